The van der Waals surface area contributed by atoms with Gasteiger partial charge in [0.2, 0.25) is 5.91 Å². The van der Waals surface area contributed by atoms with E-state index < -0.39 is 0 Å². The van der Waals surface area contributed by atoms with Gasteiger partial charge in [-0.2, -0.15) is 0 Å². The molecule has 42 heavy (non-hydrogen) atoms. The van der Waals surface area contributed by atoms with Gasteiger partial charge in [-0.15, -0.1) is 0 Å². The fourth-order valence-electron chi connectivity index (χ4n) is 4.15. The van der Waals surface area contributed by atoms with Crippen LogP contribution in [0.2, 0.25) is 0 Å². The highest BCUT2D eigenvalue weighted by molar-refractivity contribution is 5.75. The number of rotatable bonds is 36. The summed E-state index contributed by atoms with van der Waals surface area (Å²) in [4.78, 5) is 14.5. The Morgan fingerprint density at radius 1 is 0.524 bits per heavy atom. The van der Waals surface area contributed by atoms with Crippen LogP contribution in [-0.2, 0) is 33.2 Å². The molecule has 0 aliphatic carbocycles. The number of nitrogens with zero attached hydrogens (tertiary/aromatic N) is 1. The first-order chi connectivity index (χ1) is 20.7. The number of carbonyl (C=O) groups is 1. The van der Waals surface area contributed by atoms with Gasteiger partial charge in [-0.25, -0.2) is 0 Å². The fraction of sp³-hybridized carbons (Fsp3) is 0.968. The maximum absolute atomic E-state index is 12.2. The van der Waals surface area contributed by atoms with Gasteiger partial charge in [-0.05, 0) is 19.4 Å². The topological polar surface area (TPSA) is 128 Å². The summed E-state index contributed by atoms with van der Waals surface area (Å²) < 4.78 is 32.7. The van der Waals surface area contributed by atoms with Crippen LogP contribution in [0.3, 0.4) is 0 Å². The Hall–Kier alpha value is -0.890. The van der Waals surface area contributed by atoms with Gasteiger partial charge in [0.1, 0.15) is 0 Å². The second-order valence-corrected chi connectivity index (χ2v) is 10.2. The van der Waals surface area contributed by atoms with Gasteiger partial charge in [-0.3, -0.25) is 9.69 Å². The maximum Gasteiger partial charge on any atom is 0.219 e. The molecule has 0 bridgehead atoms. The Morgan fingerprint density at radius 3 is 1.38 bits per heavy atom. The molecule has 0 aliphatic rings. The van der Waals surface area contributed by atoms with Crippen molar-refractivity contribution in [3.63, 3.8) is 0 Å². The molecule has 0 radical (unpaired) electrons. The van der Waals surface area contributed by atoms with Crippen LogP contribution in [0.25, 0.3) is 0 Å². The smallest absolute Gasteiger partial charge is 0.219 e. The molecule has 3 N–H and O–H groups in total. The molecule has 0 aromatic rings. The van der Waals surface area contributed by atoms with Crippen molar-refractivity contribution in [1.29, 1.82) is 0 Å². The standard InChI is InChI=1S/C31H64N2O9/c1-2-3-4-5-6-7-8-9-10-12-31(36)32-13-11-14-33(15-19-37-23-27-41-29-25-39-21-17-34)16-20-38-24-28-42-30-26-40-22-18-35/h34-35H,2-30H2,1H3,(H,32,36). The van der Waals surface area contributed by atoms with Crippen molar-refractivity contribution in [1.82, 2.24) is 10.2 Å². The summed E-state index contributed by atoms with van der Waals surface area (Å²) in [5.41, 5.74) is 0. The van der Waals surface area contributed by atoms with E-state index in [1.54, 1.807) is 0 Å². The molecule has 0 rings (SSSR count). The minimum Gasteiger partial charge on any atom is -0.394 e. The van der Waals surface area contributed by atoms with E-state index in [-0.39, 0.29) is 19.1 Å². The van der Waals surface area contributed by atoms with Crippen LogP contribution in [-0.4, -0.2) is 140 Å². The van der Waals surface area contributed by atoms with E-state index in [0.717, 1.165) is 38.9 Å². The van der Waals surface area contributed by atoms with Crippen molar-refractivity contribution in [2.24, 2.45) is 0 Å². The van der Waals surface area contributed by atoms with Crippen molar-refractivity contribution in [3.8, 4) is 0 Å². The molecule has 252 valence electrons. The van der Waals surface area contributed by atoms with Crippen LogP contribution in [0, 0.1) is 0 Å². The molecule has 11 nitrogen and oxygen atoms in total. The minimum absolute atomic E-state index is 0.0196. The first-order valence-corrected chi connectivity index (χ1v) is 16.4. The van der Waals surface area contributed by atoms with E-state index in [2.05, 4.69) is 17.1 Å². The third-order valence-corrected chi connectivity index (χ3v) is 6.54. The fourth-order valence-corrected chi connectivity index (χ4v) is 4.15. The Kier molecular flexibility index (Phi) is 35.5. The number of aliphatic hydroxyl groups is 2. The van der Waals surface area contributed by atoms with E-state index in [9.17, 15) is 4.79 Å². The van der Waals surface area contributed by atoms with Crippen LogP contribution in [0.4, 0.5) is 0 Å². The van der Waals surface area contributed by atoms with Crippen LogP contribution >= 0.6 is 0 Å². The van der Waals surface area contributed by atoms with E-state index in [1.807, 2.05) is 0 Å². The first kappa shape index (κ1) is 41.1. The van der Waals surface area contributed by atoms with Crippen molar-refractivity contribution in [3.05, 3.63) is 0 Å². The molecule has 0 fully saturated rings. The molecule has 0 saturated carbocycles. The number of hydrogen-bond acceptors (Lipinski definition) is 10. The molecule has 0 saturated heterocycles. The van der Waals surface area contributed by atoms with Crippen LogP contribution in [0.5, 0.6) is 0 Å². The molecule has 0 aromatic carbocycles. The third-order valence-electron chi connectivity index (χ3n) is 6.54. The zero-order valence-electron chi connectivity index (χ0n) is 26.7. The maximum atomic E-state index is 12.2. The summed E-state index contributed by atoms with van der Waals surface area (Å²) in [6, 6.07) is 0. The van der Waals surface area contributed by atoms with E-state index >= 15 is 0 Å². The Balaban J connectivity index is 3.99. The summed E-state index contributed by atoms with van der Waals surface area (Å²) in [5, 5.41) is 20.4. The number of nitrogens with one attached hydrogen (secondary N) is 1. The number of amides is 1. The average molecular weight is 609 g/mol. The molecule has 0 aromatic heterocycles. The lowest BCUT2D eigenvalue weighted by Crippen LogP contribution is -2.34. The molecule has 0 atom stereocenters. The summed E-state index contributed by atoms with van der Waals surface area (Å²) in [7, 11) is 0. The van der Waals surface area contributed by atoms with Gasteiger partial charge >= 0.3 is 0 Å². The van der Waals surface area contributed by atoms with E-state index in [4.69, 9.17) is 38.6 Å². The normalized spacial score (nSPS) is 11.5. The Morgan fingerprint density at radius 2 is 0.929 bits per heavy atom. The molecule has 0 unspecified atom stereocenters. The molecule has 0 spiro atoms. The van der Waals surface area contributed by atoms with Gasteiger partial charge in [0.15, 0.2) is 0 Å². The summed E-state index contributed by atoms with van der Waals surface area (Å²) in [6.07, 6.45) is 12.8. The van der Waals surface area contributed by atoms with Crippen LogP contribution in [0.15, 0.2) is 0 Å². The summed E-state index contributed by atoms with van der Waals surface area (Å²) >= 11 is 0. The number of ether oxygens (including phenoxy) is 6. The predicted molar refractivity (Wildman–Crippen MR) is 165 cm³/mol. The van der Waals surface area contributed by atoms with Crippen molar-refractivity contribution < 1.29 is 43.4 Å². The number of unbranched alkanes of at least 4 members (excludes halogenated alkanes) is 8. The summed E-state index contributed by atoms with van der Waals surface area (Å²) in [6.45, 7) is 11.1. The second kappa shape index (κ2) is 36.3. The largest absolute Gasteiger partial charge is 0.394 e. The monoisotopic (exact) mass is 608 g/mol. The lowest BCUT2D eigenvalue weighted by molar-refractivity contribution is -0.121. The Labute approximate surface area is 255 Å². The van der Waals surface area contributed by atoms with Gasteiger partial charge in [0.25, 0.3) is 0 Å². The highest BCUT2D eigenvalue weighted by Crippen LogP contribution is 2.10. The molecular weight excluding hydrogens is 544 g/mol. The lowest BCUT2D eigenvalue weighted by atomic mass is 10.1. The van der Waals surface area contributed by atoms with Crippen molar-refractivity contribution in [2.45, 2.75) is 77.6 Å². The van der Waals surface area contributed by atoms with Gasteiger partial charge in [0.05, 0.1) is 92.5 Å². The average Bonchev–Trinajstić information content (AvgIpc) is 2.99. The SMILES string of the molecule is CCCCCCCCCCCC(=O)NCCCN(CCOCCOCCOCCO)CCOCCOCCOCCO. The molecule has 0 heterocycles. The number of carbonyl (C=O) groups excluding carboxylic acids is 1. The highest BCUT2D eigenvalue weighted by atomic mass is 16.6. The lowest BCUT2D eigenvalue weighted by Gasteiger charge is -2.22. The molecule has 0 aliphatic heterocycles. The van der Waals surface area contributed by atoms with Crippen LogP contribution in [0.1, 0.15) is 77.6 Å². The van der Waals surface area contributed by atoms with Gasteiger partial charge in [0, 0.05) is 26.1 Å². The van der Waals surface area contributed by atoms with Gasteiger partial charge in [-0.1, -0.05) is 58.3 Å². The third kappa shape index (κ3) is 33.6. The van der Waals surface area contributed by atoms with Crippen molar-refractivity contribution >= 4 is 5.91 Å². The Bertz CT molecular complexity index is 509. The molecule has 1 amide bonds. The minimum atomic E-state index is 0.0196. The van der Waals surface area contributed by atoms with E-state index in [1.165, 1.54) is 44.9 Å². The quantitative estimate of drug-likeness (QED) is 0.0914. The first-order valence-electron chi connectivity index (χ1n) is 16.4. The van der Waals surface area contributed by atoms with Crippen molar-refractivity contribution in [2.75, 3.05) is 119 Å². The van der Waals surface area contributed by atoms with E-state index in [0.29, 0.717) is 92.2 Å². The molecular formula is C31H64N2O9. The number of hydrogen-bond donors (Lipinski definition) is 3. The second-order valence-electron chi connectivity index (χ2n) is 10.2. The van der Waals surface area contributed by atoms with Crippen LogP contribution < -0.4 is 5.32 Å². The number of aliphatic hydroxyl groups excluding tert-OH is 2. The molecule has 11 heteroatoms. The summed E-state index contributed by atoms with van der Waals surface area (Å²) in [5.74, 6) is 0.152. The highest BCUT2D eigenvalue weighted by Gasteiger charge is 2.07. The predicted octanol–water partition coefficient (Wildman–Crippen LogP) is 2.80. The zero-order chi connectivity index (χ0) is 30.6. The zero-order valence-corrected chi connectivity index (χ0v) is 26.7. The van der Waals surface area contributed by atoms with Gasteiger partial charge < -0.3 is 44.0 Å².